The van der Waals surface area contributed by atoms with Crippen LogP contribution in [0, 0.1) is 5.82 Å². The number of benzene rings is 2. The molecule has 0 saturated heterocycles. The number of ether oxygens (including phenoxy) is 1. The Bertz CT molecular complexity index is 960. The van der Waals surface area contributed by atoms with Gasteiger partial charge in [-0.05, 0) is 24.3 Å². The van der Waals surface area contributed by atoms with E-state index in [1.54, 1.807) is 19.2 Å². The van der Waals surface area contributed by atoms with E-state index in [2.05, 4.69) is 20.8 Å². The summed E-state index contributed by atoms with van der Waals surface area (Å²) in [7, 11) is 1.58. The fourth-order valence-electron chi connectivity index (χ4n) is 2.17. The molecule has 0 aliphatic heterocycles. The van der Waals surface area contributed by atoms with Crippen molar-refractivity contribution in [3.8, 4) is 5.75 Å². The largest absolute Gasteiger partial charge is 0.497 e. The summed E-state index contributed by atoms with van der Waals surface area (Å²) in [5.41, 5.74) is 5.82. The number of amides is 2. The van der Waals surface area contributed by atoms with Crippen LogP contribution in [-0.4, -0.2) is 34.6 Å². The molecule has 0 spiro atoms. The first-order chi connectivity index (χ1) is 12.6. The average molecular weight is 374 g/mol. The van der Waals surface area contributed by atoms with Gasteiger partial charge in [0.25, 0.3) is 5.91 Å². The number of hydrogen-bond donors (Lipinski definition) is 3. The number of aromatic nitrogens is 2. The second kappa shape index (κ2) is 7.87. The minimum Gasteiger partial charge on any atom is -0.497 e. The molecule has 2 amide bonds. The van der Waals surface area contributed by atoms with Crippen LogP contribution < -0.4 is 15.6 Å². The number of carbonyl (C=O) groups is 2. The monoisotopic (exact) mass is 374 g/mol. The Labute approximate surface area is 152 Å². The number of nitrogens with zero attached hydrogens (tertiary/aromatic N) is 1. The van der Waals surface area contributed by atoms with Gasteiger partial charge in [-0.3, -0.25) is 20.4 Å². The van der Waals surface area contributed by atoms with E-state index in [0.29, 0.717) is 10.9 Å². The molecule has 0 saturated carbocycles. The van der Waals surface area contributed by atoms with Gasteiger partial charge < -0.3 is 9.72 Å². The van der Waals surface area contributed by atoms with Gasteiger partial charge in [0.15, 0.2) is 5.16 Å². The molecule has 7 nitrogen and oxygen atoms in total. The average Bonchev–Trinajstić information content (AvgIpc) is 3.06. The van der Waals surface area contributed by atoms with E-state index >= 15 is 0 Å². The number of aromatic amines is 1. The topological polar surface area (TPSA) is 96.1 Å². The molecule has 0 radical (unpaired) electrons. The van der Waals surface area contributed by atoms with Gasteiger partial charge in [0.05, 0.1) is 29.5 Å². The number of imidazole rings is 1. The number of H-pyrrole nitrogens is 1. The quantitative estimate of drug-likeness (QED) is 0.470. The van der Waals surface area contributed by atoms with Gasteiger partial charge in [-0.2, -0.15) is 0 Å². The molecule has 3 rings (SSSR count). The molecule has 3 N–H and O–H groups in total. The maximum Gasteiger partial charge on any atom is 0.272 e. The number of thioether (sulfide) groups is 1. The first-order valence-electron chi connectivity index (χ1n) is 7.57. The maximum atomic E-state index is 13.5. The lowest BCUT2D eigenvalue weighted by molar-refractivity contribution is -0.119. The maximum absolute atomic E-state index is 13.5. The summed E-state index contributed by atoms with van der Waals surface area (Å²) in [6, 6.07) is 10.9. The molecular formula is C17H15FN4O3S. The van der Waals surface area contributed by atoms with Crippen molar-refractivity contribution in [3.05, 3.63) is 53.8 Å². The Hall–Kier alpha value is -3.07. The van der Waals surface area contributed by atoms with E-state index in [9.17, 15) is 14.0 Å². The zero-order valence-electron chi connectivity index (χ0n) is 13.7. The lowest BCUT2D eigenvalue weighted by Crippen LogP contribution is -2.42. The van der Waals surface area contributed by atoms with E-state index in [1.807, 2.05) is 6.07 Å². The number of rotatable bonds is 5. The van der Waals surface area contributed by atoms with Gasteiger partial charge in [0, 0.05) is 6.07 Å². The molecule has 3 aromatic rings. The number of hydrazine groups is 1. The Morgan fingerprint density at radius 1 is 1.23 bits per heavy atom. The minimum absolute atomic E-state index is 0.0223. The van der Waals surface area contributed by atoms with Gasteiger partial charge in [-0.25, -0.2) is 9.37 Å². The standard InChI is InChI=1S/C17H15FN4O3S/c1-25-10-6-7-13-14(8-10)20-17(19-13)26-9-15(23)21-22-16(24)11-4-2-3-5-12(11)18/h2-8H,9H2,1H3,(H,19,20)(H,21,23)(H,22,24). The van der Waals surface area contributed by atoms with E-state index in [4.69, 9.17) is 4.74 Å². The number of hydrogen-bond acceptors (Lipinski definition) is 5. The first kappa shape index (κ1) is 17.7. The summed E-state index contributed by atoms with van der Waals surface area (Å²) in [5.74, 6) is -1.11. The Kier molecular flexibility index (Phi) is 5.37. The van der Waals surface area contributed by atoms with Gasteiger partial charge in [-0.15, -0.1) is 0 Å². The van der Waals surface area contributed by atoms with E-state index < -0.39 is 17.6 Å². The molecule has 0 atom stereocenters. The lowest BCUT2D eigenvalue weighted by Gasteiger charge is -2.07. The predicted octanol–water partition coefficient (Wildman–Crippen LogP) is 2.26. The highest BCUT2D eigenvalue weighted by Crippen LogP contribution is 2.22. The van der Waals surface area contributed by atoms with Crippen LogP contribution in [0.5, 0.6) is 5.75 Å². The van der Waals surface area contributed by atoms with Crippen molar-refractivity contribution in [3.63, 3.8) is 0 Å². The van der Waals surface area contributed by atoms with Crippen LogP contribution >= 0.6 is 11.8 Å². The lowest BCUT2D eigenvalue weighted by atomic mass is 10.2. The fraction of sp³-hybridized carbons (Fsp3) is 0.118. The van der Waals surface area contributed by atoms with Gasteiger partial charge >= 0.3 is 0 Å². The molecule has 9 heteroatoms. The van der Waals surface area contributed by atoms with Crippen molar-refractivity contribution < 1.29 is 18.7 Å². The molecule has 0 bridgehead atoms. The van der Waals surface area contributed by atoms with Crippen molar-refractivity contribution in [2.45, 2.75) is 5.16 Å². The highest BCUT2D eigenvalue weighted by Gasteiger charge is 2.12. The number of carbonyl (C=O) groups excluding carboxylic acids is 2. The van der Waals surface area contributed by atoms with Crippen molar-refractivity contribution in [2.75, 3.05) is 12.9 Å². The van der Waals surface area contributed by atoms with Crippen LogP contribution in [0.25, 0.3) is 11.0 Å². The van der Waals surface area contributed by atoms with Gasteiger partial charge in [0.1, 0.15) is 11.6 Å². The van der Waals surface area contributed by atoms with Crippen LogP contribution in [0.15, 0.2) is 47.6 Å². The first-order valence-corrected chi connectivity index (χ1v) is 8.55. The summed E-state index contributed by atoms with van der Waals surface area (Å²) in [6.45, 7) is 0. The third kappa shape index (κ3) is 4.12. The minimum atomic E-state index is -0.725. The van der Waals surface area contributed by atoms with E-state index in [-0.39, 0.29) is 11.3 Å². The Morgan fingerprint density at radius 3 is 2.81 bits per heavy atom. The SMILES string of the molecule is COc1ccc2nc(SCC(=O)NNC(=O)c3ccccc3F)[nH]c2c1. The van der Waals surface area contributed by atoms with Crippen molar-refractivity contribution >= 4 is 34.6 Å². The van der Waals surface area contributed by atoms with E-state index in [1.165, 1.54) is 36.0 Å². The summed E-state index contributed by atoms with van der Waals surface area (Å²) >= 11 is 1.17. The highest BCUT2D eigenvalue weighted by atomic mass is 32.2. The smallest absolute Gasteiger partial charge is 0.272 e. The normalized spacial score (nSPS) is 10.5. The van der Waals surface area contributed by atoms with Gasteiger partial charge in [0.2, 0.25) is 5.91 Å². The number of fused-ring (bicyclic) bond motifs is 1. The molecule has 1 aromatic heterocycles. The summed E-state index contributed by atoms with van der Waals surface area (Å²) in [4.78, 5) is 31.1. The zero-order chi connectivity index (χ0) is 18.5. The Morgan fingerprint density at radius 2 is 2.04 bits per heavy atom. The Balaban J connectivity index is 1.52. The fourth-order valence-corrected chi connectivity index (χ4v) is 2.85. The second-order valence-corrected chi connectivity index (χ2v) is 6.16. The highest BCUT2D eigenvalue weighted by molar-refractivity contribution is 7.99. The molecule has 0 fully saturated rings. The number of methoxy groups -OCH3 is 1. The summed E-state index contributed by atoms with van der Waals surface area (Å²) in [6.07, 6.45) is 0. The van der Waals surface area contributed by atoms with Crippen LogP contribution in [-0.2, 0) is 4.79 Å². The number of halogens is 1. The third-order valence-electron chi connectivity index (χ3n) is 3.44. The van der Waals surface area contributed by atoms with E-state index in [0.717, 1.165) is 11.0 Å². The molecule has 0 unspecified atom stereocenters. The predicted molar refractivity (Wildman–Crippen MR) is 95.4 cm³/mol. The second-order valence-electron chi connectivity index (χ2n) is 5.20. The molecule has 1 heterocycles. The van der Waals surface area contributed by atoms with Crippen LogP contribution in [0.3, 0.4) is 0 Å². The molecule has 0 aliphatic rings. The zero-order valence-corrected chi connectivity index (χ0v) is 14.5. The molecule has 26 heavy (non-hydrogen) atoms. The van der Waals surface area contributed by atoms with Crippen molar-refractivity contribution in [1.29, 1.82) is 0 Å². The number of nitrogens with one attached hydrogen (secondary N) is 3. The third-order valence-corrected chi connectivity index (χ3v) is 4.31. The molecule has 0 aliphatic carbocycles. The molecule has 2 aromatic carbocycles. The summed E-state index contributed by atoms with van der Waals surface area (Å²) in [5, 5.41) is 0.559. The van der Waals surface area contributed by atoms with Crippen LogP contribution in [0.1, 0.15) is 10.4 Å². The van der Waals surface area contributed by atoms with Gasteiger partial charge in [-0.1, -0.05) is 23.9 Å². The summed E-state index contributed by atoms with van der Waals surface area (Å²) < 4.78 is 18.6. The van der Waals surface area contributed by atoms with Crippen molar-refractivity contribution in [2.24, 2.45) is 0 Å². The van der Waals surface area contributed by atoms with Crippen LogP contribution in [0.2, 0.25) is 0 Å². The molecular weight excluding hydrogens is 359 g/mol. The van der Waals surface area contributed by atoms with Crippen molar-refractivity contribution in [1.82, 2.24) is 20.8 Å². The van der Waals surface area contributed by atoms with Crippen LogP contribution in [0.4, 0.5) is 4.39 Å². The molecule has 134 valence electrons.